The van der Waals surface area contributed by atoms with Crippen LogP contribution in [0.1, 0.15) is 45.0 Å². The summed E-state index contributed by atoms with van der Waals surface area (Å²) in [5.74, 6) is -0.659. The third-order valence-electron chi connectivity index (χ3n) is 5.19. The van der Waals surface area contributed by atoms with Gasteiger partial charge in [-0.05, 0) is 54.8 Å². The molecule has 4 rings (SSSR count). The van der Waals surface area contributed by atoms with Gasteiger partial charge in [0.05, 0.1) is 11.1 Å². The average molecular weight is 360 g/mol. The van der Waals surface area contributed by atoms with Crippen molar-refractivity contribution < 1.29 is 14.7 Å². The molecule has 0 bridgehead atoms. The Morgan fingerprint density at radius 3 is 2.59 bits per heavy atom. The lowest BCUT2D eigenvalue weighted by molar-refractivity contribution is 0.0693. The number of hydrogen-bond donors (Lipinski definition) is 1. The number of amides is 1. The molecule has 1 aliphatic rings. The summed E-state index contributed by atoms with van der Waals surface area (Å²) in [6.45, 7) is 1.39. The van der Waals surface area contributed by atoms with E-state index in [1.807, 2.05) is 47.4 Å². The van der Waals surface area contributed by atoms with Crippen LogP contribution in [-0.2, 0) is 0 Å². The predicted octanol–water partition coefficient (Wildman–Crippen LogP) is 3.95. The van der Waals surface area contributed by atoms with Crippen molar-refractivity contribution in [2.24, 2.45) is 0 Å². The van der Waals surface area contributed by atoms with Gasteiger partial charge in [0.25, 0.3) is 5.91 Å². The molecule has 2 heterocycles. The monoisotopic (exact) mass is 360 g/mol. The summed E-state index contributed by atoms with van der Waals surface area (Å²) in [6, 6.07) is 16.4. The van der Waals surface area contributed by atoms with Crippen molar-refractivity contribution in [1.29, 1.82) is 0 Å². The summed E-state index contributed by atoms with van der Waals surface area (Å²) in [7, 11) is 0. The second kappa shape index (κ2) is 7.19. The fourth-order valence-corrected chi connectivity index (χ4v) is 3.72. The van der Waals surface area contributed by atoms with Gasteiger partial charge < -0.3 is 10.0 Å². The summed E-state index contributed by atoms with van der Waals surface area (Å²) >= 11 is 0. The third-order valence-corrected chi connectivity index (χ3v) is 5.19. The number of carboxylic acid groups (broad SMARTS) is 1. The molecule has 1 atom stereocenters. The number of aromatic carboxylic acids is 1. The van der Waals surface area contributed by atoms with E-state index in [4.69, 9.17) is 5.11 Å². The highest BCUT2D eigenvalue weighted by molar-refractivity contribution is 5.98. The van der Waals surface area contributed by atoms with Gasteiger partial charge >= 0.3 is 5.97 Å². The maximum atomic E-state index is 13.0. The Labute approximate surface area is 157 Å². The molecular formula is C22H20N2O3. The van der Waals surface area contributed by atoms with Crippen LogP contribution in [0.5, 0.6) is 0 Å². The maximum absolute atomic E-state index is 13.0. The minimum absolute atomic E-state index is 0.0348. The van der Waals surface area contributed by atoms with Crippen molar-refractivity contribution >= 4 is 22.8 Å². The normalized spacial score (nSPS) is 17.0. The van der Waals surface area contributed by atoms with E-state index >= 15 is 0 Å². The maximum Gasteiger partial charge on any atom is 0.335 e. The molecule has 1 aromatic heterocycles. The lowest BCUT2D eigenvalue weighted by Crippen LogP contribution is -2.39. The minimum atomic E-state index is -0.923. The van der Waals surface area contributed by atoms with Crippen LogP contribution >= 0.6 is 0 Å². The number of likely N-dealkylation sites (tertiary alicyclic amines) is 1. The number of aromatic nitrogens is 1. The van der Waals surface area contributed by atoms with E-state index in [-0.39, 0.29) is 17.4 Å². The molecule has 1 aliphatic heterocycles. The highest BCUT2D eigenvalue weighted by atomic mass is 16.4. The second-order valence-corrected chi connectivity index (χ2v) is 6.93. The highest BCUT2D eigenvalue weighted by Gasteiger charge is 2.25. The SMILES string of the molecule is O=C(O)c1ccc(C2CCCN(C(=O)c3ccc4ncccc4c3)C2)cc1. The fraction of sp³-hybridized carbons (Fsp3) is 0.227. The zero-order valence-corrected chi connectivity index (χ0v) is 14.8. The Bertz CT molecular complexity index is 998. The minimum Gasteiger partial charge on any atom is -0.478 e. The van der Waals surface area contributed by atoms with Crippen LogP contribution in [0.3, 0.4) is 0 Å². The lowest BCUT2D eigenvalue weighted by atomic mass is 9.90. The molecular weight excluding hydrogens is 340 g/mol. The van der Waals surface area contributed by atoms with Gasteiger partial charge in [-0.25, -0.2) is 4.79 Å². The molecule has 0 radical (unpaired) electrons. The van der Waals surface area contributed by atoms with E-state index in [9.17, 15) is 9.59 Å². The molecule has 136 valence electrons. The number of carbonyl (C=O) groups is 2. The van der Waals surface area contributed by atoms with Crippen molar-refractivity contribution in [3.63, 3.8) is 0 Å². The predicted molar refractivity (Wildman–Crippen MR) is 103 cm³/mol. The van der Waals surface area contributed by atoms with Crippen LogP contribution in [0.2, 0.25) is 0 Å². The van der Waals surface area contributed by atoms with Crippen molar-refractivity contribution in [2.45, 2.75) is 18.8 Å². The Morgan fingerprint density at radius 1 is 1.04 bits per heavy atom. The molecule has 1 amide bonds. The van der Waals surface area contributed by atoms with E-state index in [0.29, 0.717) is 12.1 Å². The van der Waals surface area contributed by atoms with Crippen LogP contribution in [0, 0.1) is 0 Å². The molecule has 27 heavy (non-hydrogen) atoms. The van der Waals surface area contributed by atoms with Gasteiger partial charge in [0, 0.05) is 36.2 Å². The van der Waals surface area contributed by atoms with Gasteiger partial charge in [0.15, 0.2) is 0 Å². The molecule has 5 nitrogen and oxygen atoms in total. The number of pyridine rings is 1. The van der Waals surface area contributed by atoms with Crippen molar-refractivity contribution in [3.8, 4) is 0 Å². The van der Waals surface area contributed by atoms with Gasteiger partial charge in [-0.1, -0.05) is 18.2 Å². The van der Waals surface area contributed by atoms with Crippen molar-refractivity contribution in [1.82, 2.24) is 9.88 Å². The number of fused-ring (bicyclic) bond motifs is 1. The molecule has 0 spiro atoms. The molecule has 2 aromatic carbocycles. The Morgan fingerprint density at radius 2 is 1.81 bits per heavy atom. The smallest absolute Gasteiger partial charge is 0.335 e. The number of hydrogen-bond acceptors (Lipinski definition) is 3. The number of carbonyl (C=O) groups excluding carboxylic acids is 1. The zero-order valence-electron chi connectivity index (χ0n) is 14.8. The fourth-order valence-electron chi connectivity index (χ4n) is 3.72. The summed E-state index contributed by atoms with van der Waals surface area (Å²) in [5, 5.41) is 10.0. The first-order valence-corrected chi connectivity index (χ1v) is 9.09. The van der Waals surface area contributed by atoms with E-state index in [0.717, 1.165) is 35.9 Å². The Balaban J connectivity index is 1.52. The van der Waals surface area contributed by atoms with Crippen molar-refractivity contribution in [2.75, 3.05) is 13.1 Å². The van der Waals surface area contributed by atoms with Gasteiger partial charge in [0.2, 0.25) is 0 Å². The Hall–Kier alpha value is -3.21. The van der Waals surface area contributed by atoms with E-state index in [2.05, 4.69) is 4.98 Å². The summed E-state index contributed by atoms with van der Waals surface area (Å²) < 4.78 is 0. The van der Waals surface area contributed by atoms with Gasteiger partial charge in [0.1, 0.15) is 0 Å². The van der Waals surface area contributed by atoms with E-state index in [1.54, 1.807) is 18.3 Å². The molecule has 1 N–H and O–H groups in total. The summed E-state index contributed by atoms with van der Waals surface area (Å²) in [5.41, 5.74) is 2.92. The van der Waals surface area contributed by atoms with Crippen LogP contribution in [0.4, 0.5) is 0 Å². The number of nitrogens with zero attached hydrogens (tertiary/aromatic N) is 2. The first-order chi connectivity index (χ1) is 13.1. The lowest BCUT2D eigenvalue weighted by Gasteiger charge is -2.33. The van der Waals surface area contributed by atoms with E-state index in [1.165, 1.54) is 0 Å². The van der Waals surface area contributed by atoms with Crippen LogP contribution in [-0.4, -0.2) is 40.0 Å². The zero-order chi connectivity index (χ0) is 18.8. The first kappa shape index (κ1) is 17.2. The van der Waals surface area contributed by atoms with E-state index < -0.39 is 5.97 Å². The molecule has 3 aromatic rings. The second-order valence-electron chi connectivity index (χ2n) is 6.93. The van der Waals surface area contributed by atoms with Gasteiger partial charge in [-0.15, -0.1) is 0 Å². The molecule has 0 aliphatic carbocycles. The highest BCUT2D eigenvalue weighted by Crippen LogP contribution is 2.28. The first-order valence-electron chi connectivity index (χ1n) is 9.09. The molecule has 1 unspecified atom stereocenters. The van der Waals surface area contributed by atoms with Gasteiger partial charge in [-0.2, -0.15) is 0 Å². The van der Waals surface area contributed by atoms with Crippen LogP contribution < -0.4 is 0 Å². The number of rotatable bonds is 3. The molecule has 1 saturated heterocycles. The average Bonchev–Trinajstić information content (AvgIpc) is 2.73. The number of benzene rings is 2. The summed E-state index contributed by atoms with van der Waals surface area (Å²) in [6.07, 6.45) is 3.68. The van der Waals surface area contributed by atoms with Crippen LogP contribution in [0.15, 0.2) is 60.8 Å². The van der Waals surface area contributed by atoms with Crippen LogP contribution in [0.25, 0.3) is 10.9 Å². The Kier molecular flexibility index (Phi) is 4.59. The largest absolute Gasteiger partial charge is 0.478 e. The van der Waals surface area contributed by atoms with Gasteiger partial charge in [-0.3, -0.25) is 9.78 Å². The number of piperidine rings is 1. The topological polar surface area (TPSA) is 70.5 Å². The third kappa shape index (κ3) is 3.53. The standard InChI is InChI=1S/C22H20N2O3/c25-21(18-9-10-20-17(13-18)3-1-11-23-20)24-12-2-4-19(14-24)15-5-7-16(8-6-15)22(26)27/h1,3,5-11,13,19H,2,4,12,14H2,(H,26,27). The quantitative estimate of drug-likeness (QED) is 0.768. The number of carboxylic acids is 1. The van der Waals surface area contributed by atoms with Crippen molar-refractivity contribution in [3.05, 3.63) is 77.5 Å². The summed E-state index contributed by atoms with van der Waals surface area (Å²) in [4.78, 5) is 30.2. The molecule has 5 heteroatoms. The molecule has 0 saturated carbocycles. The molecule has 1 fully saturated rings.